The van der Waals surface area contributed by atoms with Gasteiger partial charge < -0.3 is 9.15 Å². The van der Waals surface area contributed by atoms with Crippen molar-refractivity contribution in [2.45, 2.75) is 39.0 Å². The lowest BCUT2D eigenvalue weighted by Crippen LogP contribution is -2.38. The van der Waals surface area contributed by atoms with Crippen LogP contribution in [0.4, 0.5) is 0 Å². The van der Waals surface area contributed by atoms with E-state index in [0.29, 0.717) is 23.5 Å². The molecule has 0 N–H and O–H groups in total. The van der Waals surface area contributed by atoms with Gasteiger partial charge in [0.2, 0.25) is 0 Å². The van der Waals surface area contributed by atoms with Gasteiger partial charge in [0.15, 0.2) is 0 Å². The van der Waals surface area contributed by atoms with Gasteiger partial charge in [0, 0.05) is 17.8 Å². The number of Topliss-reactive ketones (excluding diaryl/α,β-unsaturated/α-hetero) is 1. The average Bonchev–Trinajstić information content (AvgIpc) is 3.00. The van der Waals surface area contributed by atoms with E-state index in [1.807, 2.05) is 6.07 Å². The predicted molar refractivity (Wildman–Crippen MR) is 80.6 cm³/mol. The van der Waals surface area contributed by atoms with Crippen LogP contribution >= 0.6 is 0 Å². The summed E-state index contributed by atoms with van der Waals surface area (Å²) in [5, 5.41) is 0. The van der Waals surface area contributed by atoms with E-state index < -0.39 is 17.8 Å². The Hall–Kier alpha value is -2.17. The molecule has 1 aromatic rings. The maximum atomic E-state index is 12.5. The minimum atomic E-state index is -0.422. The van der Waals surface area contributed by atoms with E-state index >= 15 is 0 Å². The first kappa shape index (κ1) is 14.8. The Labute approximate surface area is 129 Å². The van der Waals surface area contributed by atoms with Crippen LogP contribution in [-0.2, 0) is 14.3 Å². The van der Waals surface area contributed by atoms with Crippen LogP contribution in [0.5, 0.6) is 0 Å². The van der Waals surface area contributed by atoms with Crippen molar-refractivity contribution in [3.8, 4) is 0 Å². The van der Waals surface area contributed by atoms with Crippen molar-refractivity contribution >= 4 is 17.5 Å². The van der Waals surface area contributed by atoms with Gasteiger partial charge in [-0.15, -0.1) is 0 Å². The first-order chi connectivity index (χ1) is 10.6. The molecule has 1 saturated carbocycles. The molecule has 0 saturated heterocycles. The summed E-state index contributed by atoms with van der Waals surface area (Å²) in [6, 6.07) is 3.58. The SMILES string of the molecule is CCOC(=O)C1=C(C)N=C2CCCC(=O)[C@@H]2[C@H]1c1ccco1. The molecule has 2 atom stereocenters. The number of fused-ring (bicyclic) bond motifs is 1. The average molecular weight is 301 g/mol. The number of ether oxygens (including phenoxy) is 1. The third kappa shape index (κ3) is 2.40. The Morgan fingerprint density at radius 3 is 2.91 bits per heavy atom. The number of esters is 1. The van der Waals surface area contributed by atoms with Crippen molar-refractivity contribution < 1.29 is 18.7 Å². The number of hydrogen-bond donors (Lipinski definition) is 0. The highest BCUT2D eigenvalue weighted by atomic mass is 16.5. The third-order valence-corrected chi connectivity index (χ3v) is 4.25. The van der Waals surface area contributed by atoms with E-state index in [2.05, 4.69) is 4.99 Å². The second-order valence-electron chi connectivity index (χ2n) is 5.61. The molecule has 0 aromatic carbocycles. The molecular weight excluding hydrogens is 282 g/mol. The van der Waals surface area contributed by atoms with Crippen molar-refractivity contribution in [3.05, 3.63) is 35.4 Å². The van der Waals surface area contributed by atoms with Gasteiger partial charge in [-0.3, -0.25) is 9.79 Å². The first-order valence-electron chi connectivity index (χ1n) is 7.65. The van der Waals surface area contributed by atoms with E-state index in [9.17, 15) is 9.59 Å². The Morgan fingerprint density at radius 1 is 1.41 bits per heavy atom. The van der Waals surface area contributed by atoms with Crippen LogP contribution in [-0.4, -0.2) is 24.1 Å². The van der Waals surface area contributed by atoms with E-state index in [0.717, 1.165) is 18.6 Å². The fraction of sp³-hybridized carbons (Fsp3) is 0.471. The summed E-state index contributed by atoms with van der Waals surface area (Å²) >= 11 is 0. The first-order valence-corrected chi connectivity index (χ1v) is 7.65. The molecule has 3 rings (SSSR count). The molecular formula is C17H19NO4. The van der Waals surface area contributed by atoms with Crippen molar-refractivity contribution in [1.29, 1.82) is 0 Å². The third-order valence-electron chi connectivity index (χ3n) is 4.25. The quantitative estimate of drug-likeness (QED) is 0.805. The molecule has 1 aromatic heterocycles. The van der Waals surface area contributed by atoms with Gasteiger partial charge in [0.05, 0.1) is 30.3 Å². The summed E-state index contributed by atoms with van der Waals surface area (Å²) in [5.74, 6) is -0.490. The Kier molecular flexibility index (Phi) is 3.96. The van der Waals surface area contributed by atoms with Crippen LogP contribution in [0.2, 0.25) is 0 Å². The second-order valence-corrected chi connectivity index (χ2v) is 5.61. The largest absolute Gasteiger partial charge is 0.469 e. The van der Waals surface area contributed by atoms with E-state index in [-0.39, 0.29) is 12.4 Å². The molecule has 5 nitrogen and oxygen atoms in total. The maximum Gasteiger partial charge on any atom is 0.336 e. The lowest BCUT2D eigenvalue weighted by atomic mass is 9.71. The zero-order valence-corrected chi connectivity index (χ0v) is 12.8. The summed E-state index contributed by atoms with van der Waals surface area (Å²) in [6.45, 7) is 3.85. The van der Waals surface area contributed by atoms with Gasteiger partial charge in [0.1, 0.15) is 11.5 Å². The van der Waals surface area contributed by atoms with Gasteiger partial charge >= 0.3 is 5.97 Å². The molecule has 0 bridgehead atoms. The van der Waals surface area contributed by atoms with Crippen LogP contribution in [0.1, 0.15) is 44.8 Å². The highest BCUT2D eigenvalue weighted by Crippen LogP contribution is 2.43. The molecule has 1 fully saturated rings. The number of furan rings is 1. The van der Waals surface area contributed by atoms with Crippen LogP contribution in [0.15, 0.2) is 39.1 Å². The molecule has 1 aliphatic heterocycles. The van der Waals surface area contributed by atoms with Gasteiger partial charge in [-0.1, -0.05) is 0 Å². The zero-order valence-electron chi connectivity index (χ0n) is 12.8. The highest BCUT2D eigenvalue weighted by molar-refractivity contribution is 6.11. The van der Waals surface area contributed by atoms with Crippen LogP contribution in [0.3, 0.4) is 0 Å². The number of carbonyl (C=O) groups is 2. The van der Waals surface area contributed by atoms with Crippen LogP contribution in [0, 0.1) is 5.92 Å². The number of allylic oxidation sites excluding steroid dienone is 1. The lowest BCUT2D eigenvalue weighted by molar-refractivity contribution is -0.139. The zero-order chi connectivity index (χ0) is 15.7. The summed E-state index contributed by atoms with van der Waals surface area (Å²) in [7, 11) is 0. The van der Waals surface area contributed by atoms with E-state index in [4.69, 9.17) is 9.15 Å². The van der Waals surface area contributed by atoms with Gasteiger partial charge in [-0.25, -0.2) is 4.79 Å². The topological polar surface area (TPSA) is 68.9 Å². The molecule has 22 heavy (non-hydrogen) atoms. The van der Waals surface area contributed by atoms with Gasteiger partial charge in [-0.05, 0) is 38.8 Å². The van der Waals surface area contributed by atoms with Crippen LogP contribution in [0.25, 0.3) is 0 Å². The van der Waals surface area contributed by atoms with Crippen molar-refractivity contribution in [1.82, 2.24) is 0 Å². The van der Waals surface area contributed by atoms with Crippen LogP contribution < -0.4 is 0 Å². The predicted octanol–water partition coefficient (Wildman–Crippen LogP) is 3.02. The molecule has 0 radical (unpaired) electrons. The monoisotopic (exact) mass is 301 g/mol. The summed E-state index contributed by atoms with van der Waals surface area (Å²) < 4.78 is 10.7. The summed E-state index contributed by atoms with van der Waals surface area (Å²) in [5.41, 5.74) is 1.93. The Bertz CT molecular complexity index is 654. The number of carbonyl (C=O) groups excluding carboxylic acids is 2. The molecule has 5 heteroatoms. The molecule has 1 aliphatic carbocycles. The Balaban J connectivity index is 2.12. The number of rotatable bonds is 3. The lowest BCUT2D eigenvalue weighted by Gasteiger charge is -2.34. The van der Waals surface area contributed by atoms with Gasteiger partial charge in [0.25, 0.3) is 0 Å². The molecule has 116 valence electrons. The molecule has 2 aliphatic rings. The number of hydrogen-bond acceptors (Lipinski definition) is 5. The highest BCUT2D eigenvalue weighted by Gasteiger charge is 2.44. The fourth-order valence-electron chi connectivity index (χ4n) is 3.37. The van der Waals surface area contributed by atoms with Crippen molar-refractivity contribution in [3.63, 3.8) is 0 Å². The summed E-state index contributed by atoms with van der Waals surface area (Å²) in [4.78, 5) is 29.4. The minimum Gasteiger partial charge on any atom is -0.469 e. The van der Waals surface area contributed by atoms with E-state index in [1.54, 1.807) is 26.2 Å². The molecule has 0 spiro atoms. The standard InChI is InChI=1S/C17H19NO4/c1-3-21-17(20)14-10(2)18-11-6-4-7-12(19)15(11)16(14)13-8-5-9-22-13/h5,8-9,15-16H,3-4,6-7H2,1-2H3/t15-,16+/m1/s1. The smallest absolute Gasteiger partial charge is 0.336 e. The maximum absolute atomic E-state index is 12.5. The van der Waals surface area contributed by atoms with Crippen molar-refractivity contribution in [2.75, 3.05) is 6.61 Å². The van der Waals surface area contributed by atoms with E-state index in [1.165, 1.54) is 0 Å². The van der Waals surface area contributed by atoms with Gasteiger partial charge in [-0.2, -0.15) is 0 Å². The Morgan fingerprint density at radius 2 is 2.23 bits per heavy atom. The van der Waals surface area contributed by atoms with Crippen molar-refractivity contribution in [2.24, 2.45) is 10.9 Å². The molecule has 0 unspecified atom stereocenters. The summed E-state index contributed by atoms with van der Waals surface area (Å²) in [6.07, 6.45) is 3.70. The number of aliphatic imine (C=N–C) groups is 1. The normalized spacial score (nSPS) is 24.8. The fourth-order valence-corrected chi connectivity index (χ4v) is 3.37. The molecule has 2 heterocycles. The number of nitrogens with zero attached hydrogens (tertiary/aromatic N) is 1. The number of ketones is 1. The molecule has 0 amide bonds. The minimum absolute atomic E-state index is 0.126. The second kappa shape index (κ2) is 5.91.